The zero-order chi connectivity index (χ0) is 13.0. The van der Waals surface area contributed by atoms with Crippen molar-refractivity contribution in [3.05, 3.63) is 34.3 Å². The molecule has 1 amide bonds. The van der Waals surface area contributed by atoms with Crippen molar-refractivity contribution < 1.29 is 4.79 Å². The molecule has 0 aliphatic carbocycles. The maximum absolute atomic E-state index is 12.3. The second-order valence-corrected chi connectivity index (χ2v) is 5.69. The van der Waals surface area contributed by atoms with Crippen molar-refractivity contribution in [1.82, 2.24) is 10.6 Å². The van der Waals surface area contributed by atoms with E-state index in [1.54, 1.807) is 0 Å². The number of benzene rings is 1. The van der Waals surface area contributed by atoms with Crippen LogP contribution in [0.2, 0.25) is 0 Å². The van der Waals surface area contributed by atoms with E-state index in [2.05, 4.69) is 33.5 Å². The molecule has 0 bridgehead atoms. The van der Waals surface area contributed by atoms with Crippen LogP contribution >= 0.6 is 28.3 Å². The number of hydrogen-bond donors (Lipinski definition) is 2. The van der Waals surface area contributed by atoms with Gasteiger partial charge in [0.15, 0.2) is 0 Å². The van der Waals surface area contributed by atoms with E-state index in [1.165, 1.54) is 0 Å². The third-order valence-electron chi connectivity index (χ3n) is 3.62. The van der Waals surface area contributed by atoms with Gasteiger partial charge in [-0.05, 0) is 43.5 Å². The highest BCUT2D eigenvalue weighted by atomic mass is 79.9. The first-order valence-corrected chi connectivity index (χ1v) is 7.23. The first kappa shape index (κ1) is 16.5. The summed E-state index contributed by atoms with van der Waals surface area (Å²) in [5.41, 5.74) is 0.772. The van der Waals surface area contributed by atoms with E-state index >= 15 is 0 Å². The standard InChI is InChI=1S/C14H19BrN2O.ClH/c1-2-14(7-4-8-17-14)13(18)16-10-11-5-3-6-12(15)9-11;/h3,5-6,9,17H,2,4,7-8,10H2,1H3,(H,16,18);1H. The molecule has 0 aromatic heterocycles. The molecule has 1 aliphatic heterocycles. The summed E-state index contributed by atoms with van der Waals surface area (Å²) in [5, 5.41) is 6.38. The number of amides is 1. The molecule has 2 N–H and O–H groups in total. The van der Waals surface area contributed by atoms with Crippen LogP contribution < -0.4 is 10.6 Å². The van der Waals surface area contributed by atoms with Gasteiger partial charge in [0.05, 0.1) is 5.54 Å². The highest BCUT2D eigenvalue weighted by Crippen LogP contribution is 2.23. The second-order valence-electron chi connectivity index (χ2n) is 4.78. The van der Waals surface area contributed by atoms with Crippen LogP contribution in [0, 0.1) is 0 Å². The van der Waals surface area contributed by atoms with E-state index in [0.717, 1.165) is 35.8 Å². The van der Waals surface area contributed by atoms with E-state index in [0.29, 0.717) is 6.54 Å². The fraction of sp³-hybridized carbons (Fsp3) is 0.500. The fourth-order valence-electron chi connectivity index (χ4n) is 2.46. The van der Waals surface area contributed by atoms with Crippen molar-refractivity contribution in [2.24, 2.45) is 0 Å². The Labute approximate surface area is 129 Å². The van der Waals surface area contributed by atoms with Crippen LogP contribution in [0.5, 0.6) is 0 Å². The number of rotatable bonds is 4. The van der Waals surface area contributed by atoms with E-state index in [-0.39, 0.29) is 23.9 Å². The van der Waals surface area contributed by atoms with Crippen LogP contribution in [0.25, 0.3) is 0 Å². The van der Waals surface area contributed by atoms with Crippen molar-refractivity contribution in [1.29, 1.82) is 0 Å². The molecule has 1 aromatic rings. The Balaban J connectivity index is 0.00000180. The molecule has 1 unspecified atom stereocenters. The van der Waals surface area contributed by atoms with Crippen LogP contribution in [-0.4, -0.2) is 18.0 Å². The van der Waals surface area contributed by atoms with Crippen LogP contribution in [-0.2, 0) is 11.3 Å². The minimum absolute atomic E-state index is 0. The van der Waals surface area contributed by atoms with Gasteiger partial charge in [0.25, 0.3) is 0 Å². The lowest BCUT2D eigenvalue weighted by Gasteiger charge is -2.26. The van der Waals surface area contributed by atoms with E-state index < -0.39 is 0 Å². The molecule has 1 aromatic carbocycles. The molecule has 0 saturated carbocycles. The molecule has 19 heavy (non-hydrogen) atoms. The number of hydrogen-bond acceptors (Lipinski definition) is 2. The topological polar surface area (TPSA) is 41.1 Å². The summed E-state index contributed by atoms with van der Waals surface area (Å²) < 4.78 is 1.04. The summed E-state index contributed by atoms with van der Waals surface area (Å²) in [5.74, 6) is 0.127. The normalized spacial score (nSPS) is 21.8. The molecule has 2 rings (SSSR count). The van der Waals surface area contributed by atoms with Crippen molar-refractivity contribution in [2.75, 3.05) is 6.54 Å². The molecule has 1 fully saturated rings. The highest BCUT2D eigenvalue weighted by Gasteiger charge is 2.38. The van der Waals surface area contributed by atoms with E-state index in [9.17, 15) is 4.79 Å². The number of carbonyl (C=O) groups is 1. The van der Waals surface area contributed by atoms with Crippen LogP contribution in [0.15, 0.2) is 28.7 Å². The summed E-state index contributed by atoms with van der Waals surface area (Å²) in [6.45, 7) is 3.59. The van der Waals surface area contributed by atoms with Gasteiger partial charge in [-0.2, -0.15) is 0 Å². The fourth-order valence-corrected chi connectivity index (χ4v) is 2.91. The first-order valence-electron chi connectivity index (χ1n) is 6.44. The van der Waals surface area contributed by atoms with Gasteiger partial charge in [-0.3, -0.25) is 4.79 Å². The molecule has 3 nitrogen and oxygen atoms in total. The molecule has 1 aliphatic rings. The van der Waals surface area contributed by atoms with Crippen molar-refractivity contribution in [3.63, 3.8) is 0 Å². The van der Waals surface area contributed by atoms with Gasteiger partial charge in [-0.1, -0.05) is 35.0 Å². The average molecular weight is 348 g/mol. The average Bonchev–Trinajstić information content (AvgIpc) is 2.86. The van der Waals surface area contributed by atoms with Gasteiger partial charge in [0, 0.05) is 11.0 Å². The first-order chi connectivity index (χ1) is 8.66. The third kappa shape index (κ3) is 3.94. The monoisotopic (exact) mass is 346 g/mol. The Kier molecular flexibility index (Phi) is 6.30. The van der Waals surface area contributed by atoms with Gasteiger partial charge in [0.2, 0.25) is 5.91 Å². The van der Waals surface area contributed by atoms with Gasteiger partial charge in [-0.15, -0.1) is 12.4 Å². The van der Waals surface area contributed by atoms with E-state index in [1.807, 2.05) is 24.3 Å². The van der Waals surface area contributed by atoms with Crippen LogP contribution in [0.3, 0.4) is 0 Å². The lowest BCUT2D eigenvalue weighted by molar-refractivity contribution is -0.127. The molecule has 1 atom stereocenters. The second kappa shape index (κ2) is 7.27. The Morgan fingerprint density at radius 3 is 2.89 bits per heavy atom. The maximum atomic E-state index is 12.3. The van der Waals surface area contributed by atoms with Crippen LogP contribution in [0.1, 0.15) is 31.7 Å². The zero-order valence-corrected chi connectivity index (χ0v) is 13.4. The Morgan fingerprint density at radius 2 is 2.32 bits per heavy atom. The summed E-state index contributed by atoms with van der Waals surface area (Å²) >= 11 is 3.43. The maximum Gasteiger partial charge on any atom is 0.240 e. The SMILES string of the molecule is CCC1(C(=O)NCc2cccc(Br)c2)CCCN1.Cl. The molecule has 0 radical (unpaired) electrons. The predicted molar refractivity (Wildman–Crippen MR) is 83.5 cm³/mol. The molecule has 1 saturated heterocycles. The third-order valence-corrected chi connectivity index (χ3v) is 4.12. The van der Waals surface area contributed by atoms with Gasteiger partial charge in [0.1, 0.15) is 0 Å². The molecule has 0 spiro atoms. The zero-order valence-electron chi connectivity index (χ0n) is 11.0. The Hall–Kier alpha value is -0.580. The lowest BCUT2D eigenvalue weighted by Crippen LogP contribution is -2.52. The number of carbonyl (C=O) groups excluding carboxylic acids is 1. The smallest absolute Gasteiger partial charge is 0.240 e. The summed E-state index contributed by atoms with van der Waals surface area (Å²) in [6, 6.07) is 8.01. The molecular formula is C14H20BrClN2O. The number of nitrogens with one attached hydrogen (secondary N) is 2. The molecule has 1 heterocycles. The van der Waals surface area contributed by atoms with Crippen LogP contribution in [0.4, 0.5) is 0 Å². The summed E-state index contributed by atoms with van der Waals surface area (Å²) in [4.78, 5) is 12.3. The van der Waals surface area contributed by atoms with Crippen molar-refractivity contribution >= 4 is 34.2 Å². The lowest BCUT2D eigenvalue weighted by atomic mass is 9.93. The Morgan fingerprint density at radius 1 is 1.53 bits per heavy atom. The van der Waals surface area contributed by atoms with Gasteiger partial charge >= 0.3 is 0 Å². The largest absolute Gasteiger partial charge is 0.350 e. The van der Waals surface area contributed by atoms with Gasteiger partial charge in [-0.25, -0.2) is 0 Å². The molecule has 5 heteroatoms. The van der Waals surface area contributed by atoms with Crippen molar-refractivity contribution in [2.45, 2.75) is 38.3 Å². The minimum atomic E-state index is -0.341. The minimum Gasteiger partial charge on any atom is -0.350 e. The van der Waals surface area contributed by atoms with E-state index in [4.69, 9.17) is 0 Å². The quantitative estimate of drug-likeness (QED) is 0.879. The highest BCUT2D eigenvalue weighted by molar-refractivity contribution is 9.10. The molecule has 106 valence electrons. The van der Waals surface area contributed by atoms with Gasteiger partial charge < -0.3 is 10.6 Å². The predicted octanol–water partition coefficient (Wildman–Crippen LogP) is 3.02. The van der Waals surface area contributed by atoms with Crippen molar-refractivity contribution in [3.8, 4) is 0 Å². The number of halogens is 2. The molecular weight excluding hydrogens is 328 g/mol. The summed E-state index contributed by atoms with van der Waals surface area (Å²) in [6.07, 6.45) is 2.86. The summed E-state index contributed by atoms with van der Waals surface area (Å²) in [7, 11) is 0. The Bertz CT molecular complexity index is 433.